The lowest BCUT2D eigenvalue weighted by atomic mass is 9.82. The van der Waals surface area contributed by atoms with Gasteiger partial charge in [0.2, 0.25) is 0 Å². The highest BCUT2D eigenvalue weighted by Crippen LogP contribution is 2.50. The molecule has 0 aliphatic heterocycles. The minimum Gasteiger partial charge on any atom is -0.465 e. The van der Waals surface area contributed by atoms with Crippen molar-refractivity contribution in [3.8, 4) is 33.4 Å². The number of ether oxygens (including phenoxy) is 3. The minimum absolute atomic E-state index is 0.429. The van der Waals surface area contributed by atoms with Gasteiger partial charge in [0.15, 0.2) is 0 Å². The van der Waals surface area contributed by atoms with E-state index in [1.54, 1.807) is 0 Å². The van der Waals surface area contributed by atoms with Gasteiger partial charge in [-0.1, -0.05) is 91.0 Å². The third-order valence-corrected chi connectivity index (χ3v) is 7.97. The summed E-state index contributed by atoms with van der Waals surface area (Å²) in [7, 11) is 4.09. The molecule has 43 heavy (non-hydrogen) atoms. The SMILES string of the molecule is COC(=O)c1cc(C(c2cc(C(=O)OC)c3cccccc2-3)c2cc(C(=O)OC)c3cccccc2-3)c2cccccc1-2. The molecule has 212 valence electrons. The molecule has 0 heterocycles. The lowest BCUT2D eigenvalue weighted by Gasteiger charge is -2.20. The maximum Gasteiger partial charge on any atom is 0.338 e. The van der Waals surface area contributed by atoms with Crippen molar-refractivity contribution in [2.24, 2.45) is 0 Å². The second-order valence-corrected chi connectivity index (χ2v) is 10.2. The van der Waals surface area contributed by atoms with Crippen LogP contribution in [0.4, 0.5) is 0 Å². The lowest BCUT2D eigenvalue weighted by molar-refractivity contribution is 0.0593. The van der Waals surface area contributed by atoms with Crippen molar-refractivity contribution in [3.05, 3.63) is 143 Å². The molecule has 6 rings (SSSR count). The molecule has 0 fully saturated rings. The molecular formula is C37H28O6. The van der Waals surface area contributed by atoms with Crippen LogP contribution in [-0.2, 0) is 14.2 Å². The molecule has 0 N–H and O–H groups in total. The van der Waals surface area contributed by atoms with Crippen LogP contribution in [0.5, 0.6) is 0 Å². The van der Waals surface area contributed by atoms with E-state index >= 15 is 0 Å². The summed E-state index contributed by atoms with van der Waals surface area (Å²) in [5.41, 5.74) is 8.53. The van der Waals surface area contributed by atoms with E-state index in [2.05, 4.69) is 0 Å². The zero-order valence-corrected chi connectivity index (χ0v) is 23.9. The van der Waals surface area contributed by atoms with Crippen molar-refractivity contribution in [2.75, 3.05) is 21.3 Å². The second kappa shape index (κ2) is 11.4. The van der Waals surface area contributed by atoms with Gasteiger partial charge in [-0.3, -0.25) is 0 Å². The van der Waals surface area contributed by atoms with E-state index in [-0.39, 0.29) is 0 Å². The molecule has 0 bridgehead atoms. The summed E-state index contributed by atoms with van der Waals surface area (Å²) in [5, 5.41) is 0. The summed E-state index contributed by atoms with van der Waals surface area (Å²) < 4.78 is 15.6. The molecule has 0 spiro atoms. The first-order valence-corrected chi connectivity index (χ1v) is 13.8. The van der Waals surface area contributed by atoms with E-state index < -0.39 is 23.8 Å². The largest absolute Gasteiger partial charge is 0.465 e. The minimum atomic E-state index is -0.505. The second-order valence-electron chi connectivity index (χ2n) is 10.2. The Kier molecular flexibility index (Phi) is 7.34. The van der Waals surface area contributed by atoms with E-state index in [0.717, 1.165) is 50.1 Å². The van der Waals surface area contributed by atoms with Gasteiger partial charge < -0.3 is 14.2 Å². The normalized spacial score (nSPS) is 11.2. The van der Waals surface area contributed by atoms with Crippen molar-refractivity contribution in [2.45, 2.75) is 5.92 Å². The Morgan fingerprint density at radius 3 is 0.930 bits per heavy atom. The van der Waals surface area contributed by atoms with Crippen LogP contribution in [0, 0.1) is 0 Å². The van der Waals surface area contributed by atoms with Gasteiger partial charge in [-0.15, -0.1) is 0 Å². The Morgan fingerprint density at radius 1 is 0.419 bits per heavy atom. The van der Waals surface area contributed by atoms with Crippen molar-refractivity contribution < 1.29 is 28.6 Å². The quantitative estimate of drug-likeness (QED) is 0.153. The van der Waals surface area contributed by atoms with Crippen molar-refractivity contribution in [1.29, 1.82) is 0 Å². The summed E-state index contributed by atoms with van der Waals surface area (Å²) >= 11 is 0. The first-order valence-electron chi connectivity index (χ1n) is 13.8. The van der Waals surface area contributed by atoms with Crippen LogP contribution in [0.2, 0.25) is 0 Å². The van der Waals surface area contributed by atoms with Gasteiger partial charge in [-0.25, -0.2) is 14.4 Å². The predicted octanol–water partition coefficient (Wildman–Crippen LogP) is 7.54. The van der Waals surface area contributed by atoms with Gasteiger partial charge in [0, 0.05) is 5.92 Å². The van der Waals surface area contributed by atoms with Crippen LogP contribution in [-0.4, -0.2) is 39.2 Å². The average molecular weight is 569 g/mol. The molecule has 6 aliphatic rings. The molecular weight excluding hydrogens is 540 g/mol. The van der Waals surface area contributed by atoms with Gasteiger partial charge in [-0.05, 0) is 68.3 Å². The van der Waals surface area contributed by atoms with E-state index in [9.17, 15) is 14.4 Å². The molecule has 0 amide bonds. The molecule has 0 saturated heterocycles. The maximum atomic E-state index is 13.1. The number of methoxy groups -OCH3 is 3. The van der Waals surface area contributed by atoms with Crippen molar-refractivity contribution >= 4 is 17.9 Å². The number of hydrogen-bond donors (Lipinski definition) is 0. The van der Waals surface area contributed by atoms with Crippen molar-refractivity contribution in [1.82, 2.24) is 0 Å². The molecule has 0 aromatic heterocycles. The van der Waals surface area contributed by atoms with Crippen LogP contribution >= 0.6 is 0 Å². The van der Waals surface area contributed by atoms with Gasteiger partial charge in [0.05, 0.1) is 38.0 Å². The van der Waals surface area contributed by atoms with Gasteiger partial charge in [0.25, 0.3) is 0 Å². The first kappa shape index (κ1) is 27.7. The fourth-order valence-electron chi connectivity index (χ4n) is 6.09. The monoisotopic (exact) mass is 568 g/mol. The van der Waals surface area contributed by atoms with Crippen LogP contribution in [0.15, 0.2) is 109 Å². The molecule has 0 aromatic rings. The Hall–Kier alpha value is -5.49. The summed E-state index contributed by atoms with van der Waals surface area (Å²) in [6, 6.07) is 34.3. The van der Waals surface area contributed by atoms with Crippen LogP contribution in [0.25, 0.3) is 33.4 Å². The molecule has 0 unspecified atom stereocenters. The molecule has 0 radical (unpaired) electrons. The standard InChI is InChI=1S/C37H28O6/c1-41-35(38)31-19-28(22-13-7-4-10-16-25(22)31)34(29-20-32(36(39)42-2)26-17-11-5-8-14-23(26)29)30-21-33(37(40)43-3)27-18-12-6-9-15-24(27)30/h4-21,34H,1-3H3. The number of hydrogen-bond acceptors (Lipinski definition) is 6. The Balaban J connectivity index is 1.75. The number of esters is 3. The third-order valence-electron chi connectivity index (χ3n) is 7.97. The molecule has 6 nitrogen and oxygen atoms in total. The number of rotatable bonds is 6. The molecule has 6 heteroatoms. The van der Waals surface area contributed by atoms with Gasteiger partial charge in [-0.2, -0.15) is 0 Å². The van der Waals surface area contributed by atoms with E-state index in [0.29, 0.717) is 16.7 Å². The lowest BCUT2D eigenvalue weighted by Crippen LogP contribution is -2.04. The average Bonchev–Trinajstić information content (AvgIpc) is 3.40. The van der Waals surface area contributed by atoms with Crippen LogP contribution in [0.1, 0.15) is 53.7 Å². The first-order chi connectivity index (χ1) is 21.0. The van der Waals surface area contributed by atoms with Crippen molar-refractivity contribution in [3.63, 3.8) is 0 Å². The highest BCUT2D eigenvalue weighted by molar-refractivity contribution is 6.04. The van der Waals surface area contributed by atoms with E-state index in [4.69, 9.17) is 14.2 Å². The summed E-state index contributed by atoms with van der Waals surface area (Å²) in [5.74, 6) is -1.87. The van der Waals surface area contributed by atoms with E-state index in [1.165, 1.54) is 21.3 Å². The summed E-state index contributed by atoms with van der Waals surface area (Å²) in [6.07, 6.45) is 0. The van der Waals surface area contributed by atoms with Crippen LogP contribution < -0.4 is 0 Å². The van der Waals surface area contributed by atoms with Gasteiger partial charge in [0.1, 0.15) is 0 Å². The smallest absolute Gasteiger partial charge is 0.338 e. The third kappa shape index (κ3) is 4.67. The Morgan fingerprint density at radius 2 is 0.674 bits per heavy atom. The molecule has 0 saturated carbocycles. The van der Waals surface area contributed by atoms with E-state index in [1.807, 2.05) is 109 Å². The molecule has 0 aromatic carbocycles. The van der Waals surface area contributed by atoms with Crippen LogP contribution in [0.3, 0.4) is 0 Å². The maximum absolute atomic E-state index is 13.1. The predicted molar refractivity (Wildman–Crippen MR) is 164 cm³/mol. The highest BCUT2D eigenvalue weighted by atomic mass is 16.5. The molecule has 6 aliphatic carbocycles. The molecule has 0 atom stereocenters. The topological polar surface area (TPSA) is 78.9 Å². The summed E-state index contributed by atoms with van der Waals surface area (Å²) in [6.45, 7) is 0. The number of carbonyl (C=O) groups is 3. The Bertz CT molecular complexity index is 1680. The summed E-state index contributed by atoms with van der Waals surface area (Å²) in [4.78, 5) is 39.2. The Labute approximate surface area is 249 Å². The zero-order chi connectivity index (χ0) is 30.1. The fraction of sp³-hybridized carbons (Fsp3) is 0.108. The zero-order valence-electron chi connectivity index (χ0n) is 23.9. The number of carbonyl (C=O) groups excluding carboxylic acids is 3. The highest BCUT2D eigenvalue weighted by Gasteiger charge is 2.35. The fourth-order valence-corrected chi connectivity index (χ4v) is 6.09. The number of fused-ring (bicyclic) bond motifs is 3. The van der Waals surface area contributed by atoms with Gasteiger partial charge >= 0.3 is 17.9 Å².